The highest BCUT2D eigenvalue weighted by molar-refractivity contribution is 6.30. The van der Waals surface area contributed by atoms with Crippen molar-refractivity contribution in [3.8, 4) is 0 Å². The Balaban J connectivity index is 2.82. The lowest BCUT2D eigenvalue weighted by molar-refractivity contribution is -0.141. The zero-order valence-corrected chi connectivity index (χ0v) is 10.5. The van der Waals surface area contributed by atoms with E-state index in [1.807, 2.05) is 0 Å². The molecule has 4 heteroatoms. The molecule has 0 aliphatic carbocycles. The maximum atomic E-state index is 11.3. The number of aliphatic carboxylic acids is 1. The van der Waals surface area contributed by atoms with Gasteiger partial charge in [-0.1, -0.05) is 17.7 Å². The number of allylic oxidation sites excluding steroid dienone is 1. The monoisotopic (exact) mass is 253 g/mol. The molecule has 0 aliphatic rings. The van der Waals surface area contributed by atoms with E-state index in [9.17, 15) is 9.90 Å². The van der Waals surface area contributed by atoms with Gasteiger partial charge in [-0.15, -0.1) is 6.58 Å². The highest BCUT2D eigenvalue weighted by Gasteiger charge is 2.31. The molecule has 1 atom stereocenters. The molecule has 0 radical (unpaired) electrons. The Morgan fingerprint density at radius 3 is 2.59 bits per heavy atom. The quantitative estimate of drug-likeness (QED) is 0.762. The van der Waals surface area contributed by atoms with Crippen LogP contribution in [0.3, 0.4) is 0 Å². The minimum atomic E-state index is -0.998. The molecule has 1 aromatic rings. The van der Waals surface area contributed by atoms with Gasteiger partial charge < -0.3 is 10.4 Å². The Hall–Kier alpha value is -1.48. The summed E-state index contributed by atoms with van der Waals surface area (Å²) in [5, 5.41) is 12.9. The molecule has 1 aromatic carbocycles. The summed E-state index contributed by atoms with van der Waals surface area (Å²) < 4.78 is 0. The third-order valence-corrected chi connectivity index (χ3v) is 2.84. The molecule has 92 valence electrons. The van der Waals surface area contributed by atoms with Crippen molar-refractivity contribution in [2.45, 2.75) is 25.3 Å². The summed E-state index contributed by atoms with van der Waals surface area (Å²) in [7, 11) is 0. The summed E-state index contributed by atoms with van der Waals surface area (Å²) in [6.07, 6.45) is 2.84. The molecule has 0 aromatic heterocycles. The number of carbonyl (C=O) groups is 1. The van der Waals surface area contributed by atoms with Crippen LogP contribution in [-0.4, -0.2) is 16.6 Å². The van der Waals surface area contributed by atoms with E-state index in [0.29, 0.717) is 17.9 Å². The van der Waals surface area contributed by atoms with Crippen molar-refractivity contribution in [3.05, 3.63) is 41.9 Å². The Morgan fingerprint density at radius 2 is 2.12 bits per heavy atom. The fourth-order valence-corrected chi connectivity index (χ4v) is 1.59. The highest BCUT2D eigenvalue weighted by Crippen LogP contribution is 2.22. The first kappa shape index (κ1) is 13.6. The number of halogens is 1. The van der Waals surface area contributed by atoms with E-state index in [-0.39, 0.29) is 0 Å². The number of hydrogen-bond donors (Lipinski definition) is 2. The first-order valence-corrected chi connectivity index (χ1v) is 5.74. The molecule has 17 heavy (non-hydrogen) atoms. The van der Waals surface area contributed by atoms with Gasteiger partial charge in [0, 0.05) is 10.7 Å². The van der Waals surface area contributed by atoms with Crippen LogP contribution in [0.15, 0.2) is 36.9 Å². The second-order valence-electron chi connectivity index (χ2n) is 4.10. The van der Waals surface area contributed by atoms with Crippen LogP contribution in [0.25, 0.3) is 0 Å². The number of carboxylic acids is 1. The van der Waals surface area contributed by atoms with Crippen LogP contribution >= 0.6 is 11.6 Å². The van der Waals surface area contributed by atoms with Crippen LogP contribution in [-0.2, 0) is 4.79 Å². The standard InChI is InChI=1S/C13H16ClNO2/c1-3-4-9-13(2,12(16)17)15-11-7-5-10(14)6-8-11/h3,5-8,15H,1,4,9H2,2H3,(H,16,17). The second-order valence-corrected chi connectivity index (χ2v) is 4.53. The largest absolute Gasteiger partial charge is 0.480 e. The number of carboxylic acid groups (broad SMARTS) is 1. The van der Waals surface area contributed by atoms with E-state index >= 15 is 0 Å². The van der Waals surface area contributed by atoms with Gasteiger partial charge in [0.05, 0.1) is 0 Å². The summed E-state index contributed by atoms with van der Waals surface area (Å²) in [5.74, 6) is -0.880. The maximum absolute atomic E-state index is 11.3. The molecule has 2 N–H and O–H groups in total. The minimum absolute atomic E-state index is 0.481. The molecule has 0 spiro atoms. The van der Waals surface area contributed by atoms with Crippen molar-refractivity contribution in [1.82, 2.24) is 0 Å². The molecule has 0 aliphatic heterocycles. The second kappa shape index (κ2) is 5.73. The molecular formula is C13H16ClNO2. The van der Waals surface area contributed by atoms with Crippen molar-refractivity contribution >= 4 is 23.3 Å². The van der Waals surface area contributed by atoms with Gasteiger partial charge in [-0.3, -0.25) is 0 Å². The SMILES string of the molecule is C=CCCC(C)(Nc1ccc(Cl)cc1)C(=O)O. The zero-order chi connectivity index (χ0) is 12.9. The lowest BCUT2D eigenvalue weighted by atomic mass is 9.95. The molecule has 0 amide bonds. The lowest BCUT2D eigenvalue weighted by Crippen LogP contribution is -2.43. The molecule has 0 heterocycles. The third kappa shape index (κ3) is 3.79. The number of anilines is 1. The van der Waals surface area contributed by atoms with E-state index in [1.165, 1.54) is 0 Å². The molecule has 0 bridgehead atoms. The third-order valence-electron chi connectivity index (χ3n) is 2.58. The van der Waals surface area contributed by atoms with Gasteiger partial charge in [-0.2, -0.15) is 0 Å². The van der Waals surface area contributed by atoms with Crippen LogP contribution in [0.5, 0.6) is 0 Å². The van der Waals surface area contributed by atoms with E-state index in [2.05, 4.69) is 11.9 Å². The van der Waals surface area contributed by atoms with Gasteiger partial charge >= 0.3 is 5.97 Å². The van der Waals surface area contributed by atoms with Crippen molar-refractivity contribution in [3.63, 3.8) is 0 Å². The summed E-state index contributed by atoms with van der Waals surface area (Å²) in [6, 6.07) is 6.97. The number of hydrogen-bond acceptors (Lipinski definition) is 2. The fourth-order valence-electron chi connectivity index (χ4n) is 1.47. The first-order chi connectivity index (χ1) is 7.98. The van der Waals surface area contributed by atoms with Gasteiger partial charge in [-0.25, -0.2) is 4.79 Å². The van der Waals surface area contributed by atoms with Crippen LogP contribution in [0.2, 0.25) is 5.02 Å². The molecule has 0 saturated heterocycles. The first-order valence-electron chi connectivity index (χ1n) is 5.36. The van der Waals surface area contributed by atoms with Crippen LogP contribution < -0.4 is 5.32 Å². The van der Waals surface area contributed by atoms with E-state index in [4.69, 9.17) is 11.6 Å². The van der Waals surface area contributed by atoms with Crippen LogP contribution in [0, 0.1) is 0 Å². The average Bonchev–Trinajstić information content (AvgIpc) is 2.29. The molecular weight excluding hydrogens is 238 g/mol. The summed E-state index contributed by atoms with van der Waals surface area (Å²) in [6.45, 7) is 5.26. The Morgan fingerprint density at radius 1 is 1.53 bits per heavy atom. The van der Waals surface area contributed by atoms with Crippen molar-refractivity contribution in [2.24, 2.45) is 0 Å². The summed E-state index contributed by atoms with van der Waals surface area (Å²) in [5.41, 5.74) is -0.259. The van der Waals surface area contributed by atoms with E-state index in [0.717, 1.165) is 5.69 Å². The van der Waals surface area contributed by atoms with Crippen molar-refractivity contribution in [1.29, 1.82) is 0 Å². The zero-order valence-electron chi connectivity index (χ0n) is 9.74. The Bertz CT molecular complexity index is 402. The topological polar surface area (TPSA) is 49.3 Å². The number of rotatable bonds is 6. The fraction of sp³-hybridized carbons (Fsp3) is 0.308. The molecule has 1 rings (SSSR count). The summed E-state index contributed by atoms with van der Waals surface area (Å²) in [4.78, 5) is 11.3. The van der Waals surface area contributed by atoms with Gasteiger partial charge in [-0.05, 0) is 44.0 Å². The van der Waals surface area contributed by atoms with Gasteiger partial charge in [0.1, 0.15) is 5.54 Å². The molecule has 3 nitrogen and oxygen atoms in total. The smallest absolute Gasteiger partial charge is 0.329 e. The molecule has 0 saturated carbocycles. The molecule has 0 fully saturated rings. The van der Waals surface area contributed by atoms with E-state index in [1.54, 1.807) is 37.3 Å². The van der Waals surface area contributed by atoms with Crippen molar-refractivity contribution in [2.75, 3.05) is 5.32 Å². The lowest BCUT2D eigenvalue weighted by Gasteiger charge is -2.27. The predicted molar refractivity (Wildman–Crippen MR) is 70.5 cm³/mol. The van der Waals surface area contributed by atoms with Crippen molar-refractivity contribution < 1.29 is 9.90 Å². The van der Waals surface area contributed by atoms with E-state index < -0.39 is 11.5 Å². The normalized spacial score (nSPS) is 13.8. The minimum Gasteiger partial charge on any atom is -0.480 e. The predicted octanol–water partition coefficient (Wildman–Crippen LogP) is 3.56. The molecule has 1 unspecified atom stereocenters. The van der Waals surface area contributed by atoms with Gasteiger partial charge in [0.2, 0.25) is 0 Å². The highest BCUT2D eigenvalue weighted by atomic mass is 35.5. The average molecular weight is 254 g/mol. The Labute approximate surface area is 106 Å². The van der Waals surface area contributed by atoms with Gasteiger partial charge in [0.25, 0.3) is 0 Å². The number of nitrogens with one attached hydrogen (secondary N) is 1. The van der Waals surface area contributed by atoms with Gasteiger partial charge in [0.15, 0.2) is 0 Å². The van der Waals surface area contributed by atoms with Crippen LogP contribution in [0.1, 0.15) is 19.8 Å². The Kier molecular flexibility index (Phi) is 4.58. The summed E-state index contributed by atoms with van der Waals surface area (Å²) >= 11 is 5.77. The van der Waals surface area contributed by atoms with Crippen LogP contribution in [0.4, 0.5) is 5.69 Å². The maximum Gasteiger partial charge on any atom is 0.329 e. The number of benzene rings is 1.